The first-order valence-corrected chi connectivity index (χ1v) is 6.92. The average Bonchev–Trinajstić information content (AvgIpc) is 2.50. The average molecular weight is 285 g/mol. The summed E-state index contributed by atoms with van der Waals surface area (Å²) in [6.45, 7) is -0.00354. The quantitative estimate of drug-likeness (QED) is 0.762. The van der Waals surface area contributed by atoms with Gasteiger partial charge in [-0.1, -0.05) is 48.5 Å². The molecule has 2 rings (SSSR count). The molecule has 0 saturated heterocycles. The molecule has 0 aliphatic heterocycles. The van der Waals surface area contributed by atoms with Crippen molar-refractivity contribution in [3.63, 3.8) is 0 Å². The molecule has 0 aliphatic rings. The smallest absolute Gasteiger partial charge is 0.225 e. The van der Waals surface area contributed by atoms with Crippen molar-refractivity contribution in [2.24, 2.45) is 0 Å². The van der Waals surface area contributed by atoms with Crippen LogP contribution in [0, 0.1) is 0 Å². The van der Waals surface area contributed by atoms with E-state index in [9.17, 15) is 9.90 Å². The molecule has 4 heteroatoms. The van der Waals surface area contributed by atoms with Crippen molar-refractivity contribution in [3.05, 3.63) is 65.7 Å². The molecule has 1 unspecified atom stereocenters. The maximum absolute atomic E-state index is 12.1. The van der Waals surface area contributed by atoms with Crippen LogP contribution >= 0.6 is 0 Å². The second-order valence-electron chi connectivity index (χ2n) is 4.85. The van der Waals surface area contributed by atoms with Gasteiger partial charge < -0.3 is 15.5 Å². The van der Waals surface area contributed by atoms with E-state index in [1.165, 1.54) is 0 Å². The van der Waals surface area contributed by atoms with Crippen molar-refractivity contribution in [2.75, 3.05) is 6.61 Å². The second-order valence-corrected chi connectivity index (χ2v) is 4.85. The molecule has 3 N–H and O–H groups in total. The highest BCUT2D eigenvalue weighted by Gasteiger charge is 2.15. The highest BCUT2D eigenvalue weighted by molar-refractivity contribution is 5.79. The summed E-state index contributed by atoms with van der Waals surface area (Å²) in [5.74, 6) is -0.0649. The summed E-state index contributed by atoms with van der Waals surface area (Å²) in [5.41, 5.74) is 1.54. The number of benzene rings is 2. The Labute approximate surface area is 124 Å². The molecule has 0 aliphatic carbocycles. The Morgan fingerprint density at radius 2 is 1.71 bits per heavy atom. The van der Waals surface area contributed by atoms with E-state index < -0.39 is 0 Å². The number of hydrogen-bond donors (Lipinski definition) is 3. The maximum atomic E-state index is 12.1. The number of amides is 1. The van der Waals surface area contributed by atoms with E-state index in [4.69, 9.17) is 5.11 Å². The number of phenols is 1. The van der Waals surface area contributed by atoms with E-state index in [1.807, 2.05) is 30.3 Å². The van der Waals surface area contributed by atoms with Crippen LogP contribution in [-0.2, 0) is 11.2 Å². The van der Waals surface area contributed by atoms with Gasteiger partial charge in [-0.3, -0.25) is 4.79 Å². The SMILES string of the molecule is O=C(Cc1ccccc1O)NC(CCO)c1ccccc1. The molecular weight excluding hydrogens is 266 g/mol. The Morgan fingerprint density at radius 1 is 1.05 bits per heavy atom. The molecule has 110 valence electrons. The van der Waals surface area contributed by atoms with Crippen LogP contribution in [0.2, 0.25) is 0 Å². The Bertz CT molecular complexity index is 584. The molecule has 0 fully saturated rings. The summed E-state index contributed by atoms with van der Waals surface area (Å²) in [5, 5.41) is 21.7. The first kappa shape index (κ1) is 15.1. The highest BCUT2D eigenvalue weighted by Crippen LogP contribution is 2.19. The Morgan fingerprint density at radius 3 is 2.38 bits per heavy atom. The first-order chi connectivity index (χ1) is 10.2. The van der Waals surface area contributed by atoms with Crippen molar-refractivity contribution in [1.82, 2.24) is 5.32 Å². The zero-order valence-corrected chi connectivity index (χ0v) is 11.7. The van der Waals surface area contributed by atoms with Gasteiger partial charge in [-0.2, -0.15) is 0 Å². The molecule has 0 saturated carbocycles. The van der Waals surface area contributed by atoms with E-state index in [2.05, 4.69) is 5.32 Å². The molecule has 0 aromatic heterocycles. The van der Waals surface area contributed by atoms with Gasteiger partial charge >= 0.3 is 0 Å². The normalized spacial score (nSPS) is 11.9. The van der Waals surface area contributed by atoms with Crippen LogP contribution in [0.4, 0.5) is 0 Å². The third kappa shape index (κ3) is 4.33. The van der Waals surface area contributed by atoms with E-state index in [0.29, 0.717) is 12.0 Å². The van der Waals surface area contributed by atoms with Gasteiger partial charge in [-0.05, 0) is 18.1 Å². The van der Waals surface area contributed by atoms with Crippen LogP contribution in [-0.4, -0.2) is 22.7 Å². The monoisotopic (exact) mass is 285 g/mol. The number of aliphatic hydroxyl groups excluding tert-OH is 1. The van der Waals surface area contributed by atoms with Crippen molar-refractivity contribution in [3.8, 4) is 5.75 Å². The van der Waals surface area contributed by atoms with Gasteiger partial charge in [0, 0.05) is 12.2 Å². The molecule has 0 heterocycles. The van der Waals surface area contributed by atoms with Crippen LogP contribution < -0.4 is 5.32 Å². The summed E-state index contributed by atoms with van der Waals surface area (Å²) < 4.78 is 0. The first-order valence-electron chi connectivity index (χ1n) is 6.92. The van der Waals surface area contributed by atoms with Crippen LogP contribution in [0.3, 0.4) is 0 Å². The lowest BCUT2D eigenvalue weighted by Crippen LogP contribution is -2.30. The number of phenolic OH excluding ortho intramolecular Hbond substituents is 1. The minimum absolute atomic E-state index is 0.00354. The minimum Gasteiger partial charge on any atom is -0.508 e. The highest BCUT2D eigenvalue weighted by atomic mass is 16.3. The summed E-state index contributed by atoms with van der Waals surface area (Å²) in [6, 6.07) is 16.1. The summed E-state index contributed by atoms with van der Waals surface area (Å²) in [4.78, 5) is 12.1. The van der Waals surface area contributed by atoms with Crippen LogP contribution in [0.5, 0.6) is 5.75 Å². The van der Waals surface area contributed by atoms with Crippen molar-refractivity contribution in [1.29, 1.82) is 0 Å². The number of hydrogen-bond acceptors (Lipinski definition) is 3. The number of carbonyl (C=O) groups excluding carboxylic acids is 1. The lowest BCUT2D eigenvalue weighted by Gasteiger charge is -2.18. The van der Waals surface area contributed by atoms with Gasteiger partial charge in [-0.25, -0.2) is 0 Å². The molecular formula is C17H19NO3. The lowest BCUT2D eigenvalue weighted by atomic mass is 10.0. The van der Waals surface area contributed by atoms with Crippen LogP contribution in [0.15, 0.2) is 54.6 Å². The number of rotatable bonds is 6. The Hall–Kier alpha value is -2.33. The van der Waals surface area contributed by atoms with Crippen LogP contribution in [0.25, 0.3) is 0 Å². The van der Waals surface area contributed by atoms with Gasteiger partial charge in [0.25, 0.3) is 0 Å². The fourth-order valence-corrected chi connectivity index (χ4v) is 2.22. The predicted octanol–water partition coefficient (Wildman–Crippen LogP) is 2.17. The van der Waals surface area contributed by atoms with E-state index in [-0.39, 0.29) is 30.7 Å². The third-order valence-corrected chi connectivity index (χ3v) is 3.30. The largest absolute Gasteiger partial charge is 0.508 e. The summed E-state index contributed by atoms with van der Waals surface area (Å²) >= 11 is 0. The molecule has 0 spiro atoms. The molecule has 0 radical (unpaired) electrons. The topological polar surface area (TPSA) is 69.6 Å². The third-order valence-electron chi connectivity index (χ3n) is 3.30. The second kappa shape index (κ2) is 7.45. The predicted molar refractivity (Wildman–Crippen MR) is 80.8 cm³/mol. The number of nitrogens with one attached hydrogen (secondary N) is 1. The minimum atomic E-state index is -0.227. The fraction of sp³-hybridized carbons (Fsp3) is 0.235. The summed E-state index contributed by atoms with van der Waals surface area (Å²) in [6.07, 6.45) is 0.567. The number of para-hydroxylation sites is 1. The van der Waals surface area contributed by atoms with Crippen molar-refractivity contribution in [2.45, 2.75) is 18.9 Å². The van der Waals surface area contributed by atoms with Gasteiger partial charge in [0.05, 0.1) is 12.5 Å². The lowest BCUT2D eigenvalue weighted by molar-refractivity contribution is -0.121. The van der Waals surface area contributed by atoms with E-state index >= 15 is 0 Å². The van der Waals surface area contributed by atoms with Gasteiger partial charge in [0.1, 0.15) is 5.75 Å². The molecule has 2 aromatic rings. The van der Waals surface area contributed by atoms with E-state index in [1.54, 1.807) is 24.3 Å². The molecule has 1 amide bonds. The summed E-state index contributed by atoms with van der Waals surface area (Å²) in [7, 11) is 0. The fourth-order valence-electron chi connectivity index (χ4n) is 2.22. The number of aliphatic hydroxyl groups is 1. The van der Waals surface area contributed by atoms with Crippen LogP contribution in [0.1, 0.15) is 23.6 Å². The van der Waals surface area contributed by atoms with Crippen molar-refractivity contribution >= 4 is 5.91 Å². The molecule has 1 atom stereocenters. The molecule has 4 nitrogen and oxygen atoms in total. The van der Waals surface area contributed by atoms with Gasteiger partial charge in [0.15, 0.2) is 0 Å². The Balaban J connectivity index is 2.04. The van der Waals surface area contributed by atoms with Gasteiger partial charge in [0.2, 0.25) is 5.91 Å². The molecule has 0 bridgehead atoms. The zero-order valence-electron chi connectivity index (χ0n) is 11.7. The van der Waals surface area contributed by atoms with Crippen molar-refractivity contribution < 1.29 is 15.0 Å². The number of aromatic hydroxyl groups is 1. The molecule has 2 aromatic carbocycles. The Kier molecular flexibility index (Phi) is 5.35. The standard InChI is InChI=1S/C17H19NO3/c19-11-10-15(13-6-2-1-3-7-13)18-17(21)12-14-8-4-5-9-16(14)20/h1-9,15,19-20H,10-12H2,(H,18,21). The van der Waals surface area contributed by atoms with Gasteiger partial charge in [-0.15, -0.1) is 0 Å². The van der Waals surface area contributed by atoms with E-state index in [0.717, 1.165) is 5.56 Å². The zero-order chi connectivity index (χ0) is 15.1. The maximum Gasteiger partial charge on any atom is 0.225 e. The molecule has 21 heavy (non-hydrogen) atoms. The number of carbonyl (C=O) groups is 1.